The normalized spacial score (nSPS) is 20.4. The third-order valence-corrected chi connectivity index (χ3v) is 4.82. The summed E-state index contributed by atoms with van der Waals surface area (Å²) in [5.41, 5.74) is 1.14. The quantitative estimate of drug-likeness (QED) is 0.801. The maximum absolute atomic E-state index is 12.9. The Bertz CT molecular complexity index is 625. The molecule has 1 N–H and O–H groups in total. The highest BCUT2D eigenvalue weighted by molar-refractivity contribution is 6.00. The Hall–Kier alpha value is -2.04. The Labute approximate surface area is 130 Å². The average molecular weight is 302 g/mol. The molecule has 2 amide bonds. The maximum atomic E-state index is 12.9. The zero-order valence-corrected chi connectivity index (χ0v) is 13.3. The maximum Gasteiger partial charge on any atom is 0.407 e. The fourth-order valence-corrected chi connectivity index (χ4v) is 4.02. The van der Waals surface area contributed by atoms with Crippen LogP contribution < -0.4 is 0 Å². The molecule has 1 aromatic carbocycles. The van der Waals surface area contributed by atoms with E-state index in [1.54, 1.807) is 0 Å². The van der Waals surface area contributed by atoms with Crippen LogP contribution in [0.5, 0.6) is 0 Å². The van der Waals surface area contributed by atoms with Crippen LogP contribution in [-0.4, -0.2) is 45.5 Å². The van der Waals surface area contributed by atoms with Crippen molar-refractivity contribution in [3.63, 3.8) is 0 Å². The lowest BCUT2D eigenvalue weighted by Crippen LogP contribution is -2.58. The van der Waals surface area contributed by atoms with E-state index in [1.165, 1.54) is 4.90 Å². The first-order valence-electron chi connectivity index (χ1n) is 7.69. The molecule has 0 aliphatic carbocycles. The zero-order valence-electron chi connectivity index (χ0n) is 13.3. The Morgan fingerprint density at radius 3 is 2.32 bits per heavy atom. The van der Waals surface area contributed by atoms with Gasteiger partial charge in [0.25, 0.3) is 5.91 Å². The summed E-state index contributed by atoms with van der Waals surface area (Å²) in [5.74, 6) is 0.0619. The molecule has 0 radical (unpaired) electrons. The fraction of sp³-hybridized carbons (Fsp3) is 0.529. The first-order valence-corrected chi connectivity index (χ1v) is 7.69. The van der Waals surface area contributed by atoms with E-state index >= 15 is 0 Å². The second-order valence-corrected chi connectivity index (χ2v) is 7.16. The number of amides is 2. The molecule has 1 saturated heterocycles. The Morgan fingerprint density at radius 1 is 1.18 bits per heavy atom. The number of carboxylic acid groups (broad SMARTS) is 1. The number of hydrogen-bond donors (Lipinski definition) is 1. The Balaban J connectivity index is 2.07. The molecule has 0 unspecified atom stereocenters. The van der Waals surface area contributed by atoms with E-state index in [4.69, 9.17) is 0 Å². The highest BCUT2D eigenvalue weighted by atomic mass is 16.4. The summed E-state index contributed by atoms with van der Waals surface area (Å²) >= 11 is 0. The molecule has 118 valence electrons. The summed E-state index contributed by atoms with van der Waals surface area (Å²) in [6, 6.07) is 7.76. The van der Waals surface area contributed by atoms with Crippen molar-refractivity contribution in [3.05, 3.63) is 35.4 Å². The van der Waals surface area contributed by atoms with Crippen molar-refractivity contribution in [2.45, 2.75) is 44.7 Å². The predicted molar refractivity (Wildman–Crippen MR) is 82.9 cm³/mol. The van der Waals surface area contributed by atoms with Gasteiger partial charge in [-0.25, -0.2) is 4.79 Å². The van der Waals surface area contributed by atoms with Crippen molar-refractivity contribution in [3.8, 4) is 0 Å². The van der Waals surface area contributed by atoms with E-state index in [-0.39, 0.29) is 17.0 Å². The summed E-state index contributed by atoms with van der Waals surface area (Å²) in [4.78, 5) is 27.5. The molecule has 1 spiro atoms. The first-order chi connectivity index (χ1) is 10.3. The molecular formula is C17H22N2O3. The number of fused-ring (bicyclic) bond motifs is 2. The molecule has 1 aromatic rings. The number of likely N-dealkylation sites (tertiary alicyclic amines) is 1. The lowest BCUT2D eigenvalue weighted by atomic mass is 9.79. The van der Waals surface area contributed by atoms with Gasteiger partial charge in [0.15, 0.2) is 0 Å². The monoisotopic (exact) mass is 302 g/mol. The lowest BCUT2D eigenvalue weighted by Gasteiger charge is -2.50. The van der Waals surface area contributed by atoms with E-state index in [0.717, 1.165) is 11.1 Å². The third kappa shape index (κ3) is 1.99. The molecule has 5 heteroatoms. The van der Waals surface area contributed by atoms with Crippen molar-refractivity contribution in [2.75, 3.05) is 13.1 Å². The smallest absolute Gasteiger partial charge is 0.407 e. The van der Waals surface area contributed by atoms with Gasteiger partial charge >= 0.3 is 6.09 Å². The van der Waals surface area contributed by atoms with Gasteiger partial charge in [0.2, 0.25) is 0 Å². The Kier molecular flexibility index (Phi) is 3.20. The zero-order chi connectivity index (χ0) is 16.1. The number of rotatable bonds is 0. The molecule has 0 atom stereocenters. The number of carbonyl (C=O) groups excluding carboxylic acids is 1. The molecule has 3 rings (SSSR count). The van der Waals surface area contributed by atoms with Crippen LogP contribution in [0.2, 0.25) is 0 Å². The van der Waals surface area contributed by atoms with Gasteiger partial charge in [0.1, 0.15) is 0 Å². The van der Waals surface area contributed by atoms with Crippen molar-refractivity contribution < 1.29 is 14.7 Å². The van der Waals surface area contributed by atoms with Crippen molar-refractivity contribution >= 4 is 12.0 Å². The minimum Gasteiger partial charge on any atom is -0.465 e. The average Bonchev–Trinajstić information content (AvgIpc) is 2.69. The van der Waals surface area contributed by atoms with Crippen LogP contribution in [0, 0.1) is 0 Å². The van der Waals surface area contributed by atoms with Gasteiger partial charge < -0.3 is 14.9 Å². The predicted octanol–water partition coefficient (Wildman–Crippen LogP) is 2.91. The van der Waals surface area contributed by atoms with Gasteiger partial charge in [-0.05, 0) is 45.2 Å². The van der Waals surface area contributed by atoms with E-state index in [2.05, 4.69) is 0 Å². The van der Waals surface area contributed by atoms with Gasteiger partial charge in [0, 0.05) is 24.2 Å². The van der Waals surface area contributed by atoms with Gasteiger partial charge in [-0.3, -0.25) is 4.79 Å². The first kappa shape index (κ1) is 14.9. The molecule has 5 nitrogen and oxygen atoms in total. The molecule has 2 heterocycles. The van der Waals surface area contributed by atoms with E-state index < -0.39 is 6.09 Å². The third-order valence-electron chi connectivity index (χ3n) is 4.82. The number of nitrogens with zero attached hydrogens (tertiary/aromatic N) is 2. The second-order valence-electron chi connectivity index (χ2n) is 7.16. The molecule has 0 saturated carbocycles. The summed E-state index contributed by atoms with van der Waals surface area (Å²) in [6.45, 7) is 7.05. The number of hydrogen-bond acceptors (Lipinski definition) is 2. The Morgan fingerprint density at radius 2 is 1.77 bits per heavy atom. The van der Waals surface area contributed by atoms with E-state index in [1.807, 2.05) is 49.9 Å². The summed E-state index contributed by atoms with van der Waals surface area (Å²) in [7, 11) is 0. The number of carbonyl (C=O) groups is 2. The van der Waals surface area contributed by atoms with Crippen LogP contribution in [0.15, 0.2) is 24.3 Å². The lowest BCUT2D eigenvalue weighted by molar-refractivity contribution is -0.00996. The summed E-state index contributed by atoms with van der Waals surface area (Å²) < 4.78 is 0. The fourth-order valence-electron chi connectivity index (χ4n) is 4.02. The standard InChI is InChI=1S/C17H22N2O3/c1-16(2,3)19-14(20)12-6-4-5-7-13(12)17(19)8-10-18(11-9-17)15(21)22/h4-7H,8-11H2,1-3H3,(H,21,22). The van der Waals surface area contributed by atoms with Crippen molar-refractivity contribution in [2.24, 2.45) is 0 Å². The number of benzene rings is 1. The highest BCUT2D eigenvalue weighted by Crippen LogP contribution is 2.49. The molecule has 2 aliphatic heterocycles. The van der Waals surface area contributed by atoms with E-state index in [9.17, 15) is 14.7 Å². The SMILES string of the molecule is CC(C)(C)N1C(=O)c2ccccc2C12CCN(C(=O)O)CC2. The topological polar surface area (TPSA) is 60.9 Å². The second kappa shape index (κ2) is 4.73. The molecular weight excluding hydrogens is 280 g/mol. The summed E-state index contributed by atoms with van der Waals surface area (Å²) in [5, 5.41) is 9.19. The van der Waals surface area contributed by atoms with Crippen LogP contribution >= 0.6 is 0 Å². The van der Waals surface area contributed by atoms with Crippen LogP contribution in [0.1, 0.15) is 49.5 Å². The van der Waals surface area contributed by atoms with Crippen LogP contribution in [0.4, 0.5) is 4.79 Å². The molecule has 22 heavy (non-hydrogen) atoms. The van der Waals surface area contributed by atoms with Crippen molar-refractivity contribution in [1.82, 2.24) is 9.80 Å². The minimum absolute atomic E-state index is 0.0619. The van der Waals surface area contributed by atoms with E-state index in [0.29, 0.717) is 25.9 Å². The van der Waals surface area contributed by atoms with Crippen LogP contribution in [0.25, 0.3) is 0 Å². The largest absolute Gasteiger partial charge is 0.465 e. The summed E-state index contributed by atoms with van der Waals surface area (Å²) in [6.07, 6.45) is 0.424. The van der Waals surface area contributed by atoms with Gasteiger partial charge in [-0.1, -0.05) is 18.2 Å². The minimum atomic E-state index is -0.880. The van der Waals surface area contributed by atoms with Gasteiger partial charge in [-0.15, -0.1) is 0 Å². The van der Waals surface area contributed by atoms with Crippen LogP contribution in [0.3, 0.4) is 0 Å². The highest BCUT2D eigenvalue weighted by Gasteiger charge is 2.54. The van der Waals surface area contributed by atoms with Crippen molar-refractivity contribution in [1.29, 1.82) is 0 Å². The van der Waals surface area contributed by atoms with Crippen LogP contribution in [-0.2, 0) is 5.54 Å². The molecule has 0 bridgehead atoms. The van der Waals surface area contributed by atoms with Gasteiger partial charge in [0.05, 0.1) is 5.54 Å². The molecule has 1 fully saturated rings. The molecule has 2 aliphatic rings. The number of piperidine rings is 1. The molecule has 0 aromatic heterocycles. The van der Waals surface area contributed by atoms with Gasteiger partial charge in [-0.2, -0.15) is 0 Å².